The highest BCUT2D eigenvalue weighted by Crippen LogP contribution is 2.24. The summed E-state index contributed by atoms with van der Waals surface area (Å²) in [5.41, 5.74) is 9.08. The van der Waals surface area contributed by atoms with E-state index in [1.54, 1.807) is 25.7 Å². The summed E-state index contributed by atoms with van der Waals surface area (Å²) in [5, 5.41) is 0. The maximum Gasteiger partial charge on any atom is 0.224 e. The van der Waals surface area contributed by atoms with Gasteiger partial charge >= 0.3 is 0 Å². The van der Waals surface area contributed by atoms with Gasteiger partial charge in [-0.05, 0) is 18.2 Å². The number of hydrogen-bond donors (Lipinski definition) is 1. The quantitative estimate of drug-likeness (QED) is 0.588. The normalized spacial score (nSPS) is 15.8. The number of methoxy groups -OCH3 is 1. The Hall–Kier alpha value is -3.72. The molecule has 1 amide bonds. The van der Waals surface area contributed by atoms with E-state index in [2.05, 4.69) is 19.9 Å². The summed E-state index contributed by atoms with van der Waals surface area (Å²) < 4.78 is 11.2. The fourth-order valence-corrected chi connectivity index (χ4v) is 3.71. The highest BCUT2D eigenvalue weighted by atomic mass is 16.5. The second kappa shape index (κ2) is 10.3. The van der Waals surface area contributed by atoms with E-state index in [0.717, 1.165) is 28.3 Å². The van der Waals surface area contributed by atoms with Crippen LogP contribution in [0.4, 0.5) is 11.6 Å². The largest absolute Gasteiger partial charge is 0.497 e. The molecule has 0 bridgehead atoms. The minimum absolute atomic E-state index is 0.105. The predicted octanol–water partition coefficient (Wildman–Crippen LogP) is 2.56. The van der Waals surface area contributed by atoms with Gasteiger partial charge in [-0.15, -0.1) is 0 Å². The van der Waals surface area contributed by atoms with Gasteiger partial charge in [0, 0.05) is 68.0 Å². The maximum atomic E-state index is 12.9. The third kappa shape index (κ3) is 5.56. The predicted molar refractivity (Wildman–Crippen MR) is 126 cm³/mol. The fraction of sp³-hybridized carbons (Fsp3) is 0.333. The van der Waals surface area contributed by atoms with E-state index in [1.807, 2.05) is 48.3 Å². The number of aromatic nitrogens is 3. The van der Waals surface area contributed by atoms with E-state index < -0.39 is 0 Å². The maximum absolute atomic E-state index is 12.9. The Bertz CT molecular complexity index is 1070. The summed E-state index contributed by atoms with van der Waals surface area (Å²) in [6.45, 7) is 2.17. The van der Waals surface area contributed by atoms with Crippen LogP contribution >= 0.6 is 0 Å². The van der Waals surface area contributed by atoms with Crippen molar-refractivity contribution in [3.8, 4) is 16.9 Å². The highest BCUT2D eigenvalue weighted by Gasteiger charge is 2.26. The Balaban J connectivity index is 1.33. The Morgan fingerprint density at radius 3 is 2.70 bits per heavy atom. The molecule has 3 heterocycles. The van der Waals surface area contributed by atoms with Crippen LogP contribution in [0.3, 0.4) is 0 Å². The molecule has 0 spiro atoms. The molecule has 1 unspecified atom stereocenters. The second-order valence-electron chi connectivity index (χ2n) is 7.87. The lowest BCUT2D eigenvalue weighted by Crippen LogP contribution is -2.43. The van der Waals surface area contributed by atoms with Crippen molar-refractivity contribution in [2.24, 2.45) is 0 Å². The van der Waals surface area contributed by atoms with Crippen molar-refractivity contribution >= 4 is 17.5 Å². The number of pyridine rings is 1. The van der Waals surface area contributed by atoms with Crippen molar-refractivity contribution in [1.82, 2.24) is 19.9 Å². The molecule has 2 aromatic heterocycles. The number of amides is 1. The number of nitrogen functional groups attached to an aromatic ring is 1. The van der Waals surface area contributed by atoms with E-state index in [1.165, 1.54) is 0 Å². The summed E-state index contributed by atoms with van der Waals surface area (Å²) >= 11 is 0. The van der Waals surface area contributed by atoms with Crippen LogP contribution in [-0.4, -0.2) is 66.2 Å². The minimum Gasteiger partial charge on any atom is -0.497 e. The van der Waals surface area contributed by atoms with Gasteiger partial charge < -0.3 is 25.0 Å². The summed E-state index contributed by atoms with van der Waals surface area (Å²) in [6.07, 6.45) is 5.26. The fourth-order valence-electron chi connectivity index (χ4n) is 3.71. The topological polar surface area (TPSA) is 107 Å². The van der Waals surface area contributed by atoms with Gasteiger partial charge in [0.15, 0.2) is 0 Å². The standard InChI is InChI=1S/C24H28N6O3/c1-29(19-4-3-5-20(12-19)32-2)9-8-23(31)30-10-11-33-22(16-30)21-7-6-17(13-26-21)18-14-27-24(25)28-15-18/h3-7,12-15,22H,8-11,16H2,1-2H3,(H2,25,27,28). The van der Waals surface area contributed by atoms with Gasteiger partial charge in [-0.3, -0.25) is 9.78 Å². The average Bonchev–Trinajstić information content (AvgIpc) is 2.87. The zero-order valence-electron chi connectivity index (χ0n) is 18.8. The minimum atomic E-state index is -0.254. The van der Waals surface area contributed by atoms with Crippen LogP contribution in [0.15, 0.2) is 55.0 Å². The number of nitrogens with two attached hydrogens (primary N) is 1. The molecule has 1 atom stereocenters. The van der Waals surface area contributed by atoms with Crippen LogP contribution in [0, 0.1) is 0 Å². The first-order valence-corrected chi connectivity index (χ1v) is 10.8. The molecule has 9 nitrogen and oxygen atoms in total. The van der Waals surface area contributed by atoms with Crippen LogP contribution in [-0.2, 0) is 9.53 Å². The van der Waals surface area contributed by atoms with E-state index in [9.17, 15) is 4.79 Å². The van der Waals surface area contributed by atoms with Gasteiger partial charge in [0.25, 0.3) is 0 Å². The Kier molecular flexibility index (Phi) is 6.99. The summed E-state index contributed by atoms with van der Waals surface area (Å²) in [7, 11) is 3.62. The molecule has 3 aromatic rings. The SMILES string of the molecule is COc1cccc(N(C)CCC(=O)N2CCOC(c3ccc(-c4cnc(N)nc4)cn3)C2)c1. The van der Waals surface area contributed by atoms with Crippen molar-refractivity contribution in [2.45, 2.75) is 12.5 Å². The second-order valence-corrected chi connectivity index (χ2v) is 7.87. The molecule has 0 saturated carbocycles. The van der Waals surface area contributed by atoms with Gasteiger partial charge in [0.05, 0.1) is 26.0 Å². The van der Waals surface area contributed by atoms with Crippen molar-refractivity contribution in [1.29, 1.82) is 0 Å². The Morgan fingerprint density at radius 1 is 1.18 bits per heavy atom. The van der Waals surface area contributed by atoms with Crippen LogP contribution in [0.1, 0.15) is 18.2 Å². The number of anilines is 2. The summed E-state index contributed by atoms with van der Waals surface area (Å²) in [5.74, 6) is 1.14. The van der Waals surface area contributed by atoms with E-state index in [-0.39, 0.29) is 18.0 Å². The van der Waals surface area contributed by atoms with Gasteiger partial charge in [-0.1, -0.05) is 12.1 Å². The van der Waals surface area contributed by atoms with Crippen molar-refractivity contribution in [2.75, 3.05) is 51.0 Å². The van der Waals surface area contributed by atoms with Crippen LogP contribution in [0.5, 0.6) is 5.75 Å². The molecule has 4 rings (SSSR count). The summed E-state index contributed by atoms with van der Waals surface area (Å²) in [6, 6.07) is 11.7. The van der Waals surface area contributed by atoms with Crippen LogP contribution in [0.2, 0.25) is 0 Å². The molecule has 0 radical (unpaired) electrons. The van der Waals surface area contributed by atoms with E-state index in [0.29, 0.717) is 32.7 Å². The van der Waals surface area contributed by atoms with Crippen molar-refractivity contribution < 1.29 is 14.3 Å². The number of rotatable bonds is 7. The average molecular weight is 449 g/mol. The smallest absolute Gasteiger partial charge is 0.224 e. The third-order valence-corrected chi connectivity index (χ3v) is 5.70. The molecule has 1 saturated heterocycles. The number of ether oxygens (including phenoxy) is 2. The van der Waals surface area contributed by atoms with E-state index in [4.69, 9.17) is 15.2 Å². The zero-order valence-corrected chi connectivity index (χ0v) is 18.8. The number of benzene rings is 1. The lowest BCUT2D eigenvalue weighted by atomic mass is 10.1. The monoisotopic (exact) mass is 448 g/mol. The van der Waals surface area contributed by atoms with Crippen molar-refractivity contribution in [3.05, 3.63) is 60.7 Å². The Morgan fingerprint density at radius 2 is 1.97 bits per heavy atom. The zero-order chi connectivity index (χ0) is 23.2. The molecule has 9 heteroatoms. The number of hydrogen-bond acceptors (Lipinski definition) is 8. The van der Waals surface area contributed by atoms with Gasteiger partial charge in [-0.25, -0.2) is 9.97 Å². The van der Waals surface area contributed by atoms with Crippen LogP contribution in [0.25, 0.3) is 11.1 Å². The molecule has 1 aliphatic heterocycles. The molecule has 1 aliphatic rings. The van der Waals surface area contributed by atoms with Crippen molar-refractivity contribution in [3.63, 3.8) is 0 Å². The first kappa shape index (κ1) is 22.5. The first-order chi connectivity index (χ1) is 16.0. The number of carbonyl (C=O) groups excluding carboxylic acids is 1. The number of carbonyl (C=O) groups is 1. The first-order valence-electron chi connectivity index (χ1n) is 10.8. The molecule has 0 aliphatic carbocycles. The number of morpholine rings is 1. The Labute approximate surface area is 193 Å². The molecule has 2 N–H and O–H groups in total. The molecule has 172 valence electrons. The molecule has 1 aromatic carbocycles. The molecule has 33 heavy (non-hydrogen) atoms. The molecular weight excluding hydrogens is 420 g/mol. The highest BCUT2D eigenvalue weighted by molar-refractivity contribution is 5.77. The van der Waals surface area contributed by atoms with Gasteiger partial charge in [0.1, 0.15) is 11.9 Å². The molecule has 1 fully saturated rings. The summed E-state index contributed by atoms with van der Waals surface area (Å²) in [4.78, 5) is 29.4. The van der Waals surface area contributed by atoms with E-state index >= 15 is 0 Å². The molecular formula is C24H28N6O3. The van der Waals surface area contributed by atoms with Gasteiger partial charge in [-0.2, -0.15) is 0 Å². The third-order valence-electron chi connectivity index (χ3n) is 5.70. The number of nitrogens with zero attached hydrogens (tertiary/aromatic N) is 5. The lowest BCUT2D eigenvalue weighted by Gasteiger charge is -2.33. The van der Waals surface area contributed by atoms with Crippen LogP contribution < -0.4 is 15.4 Å². The van der Waals surface area contributed by atoms with Gasteiger partial charge in [0.2, 0.25) is 11.9 Å². The lowest BCUT2D eigenvalue weighted by molar-refractivity contribution is -0.138.